The van der Waals surface area contributed by atoms with Crippen LogP contribution in [-0.2, 0) is 11.3 Å². The number of halogens is 2. The molecule has 0 aliphatic carbocycles. The molecule has 2 nitrogen and oxygen atoms in total. The predicted octanol–water partition coefficient (Wildman–Crippen LogP) is 3.65. The van der Waals surface area contributed by atoms with Gasteiger partial charge >= 0.3 is 0 Å². The molecule has 1 aromatic carbocycles. The lowest BCUT2D eigenvalue weighted by Gasteiger charge is -2.34. The van der Waals surface area contributed by atoms with Crippen molar-refractivity contribution in [1.82, 2.24) is 5.32 Å². The quantitative estimate of drug-likeness (QED) is 0.908. The molecule has 1 heterocycles. The van der Waals surface area contributed by atoms with Crippen molar-refractivity contribution in [3.05, 3.63) is 33.8 Å². The summed E-state index contributed by atoms with van der Waals surface area (Å²) in [5.74, 6) is 0. The van der Waals surface area contributed by atoms with Gasteiger partial charge < -0.3 is 10.1 Å². The van der Waals surface area contributed by atoms with Crippen molar-refractivity contribution < 1.29 is 4.74 Å². The lowest BCUT2D eigenvalue weighted by Crippen LogP contribution is -2.46. The number of ether oxygens (including phenoxy) is 1. The van der Waals surface area contributed by atoms with E-state index in [1.165, 1.54) is 0 Å². The summed E-state index contributed by atoms with van der Waals surface area (Å²) in [5, 5.41) is 4.97. The molecule has 1 N–H and O–H groups in total. The second-order valence-corrected chi connectivity index (χ2v) is 5.61. The zero-order valence-corrected chi connectivity index (χ0v) is 11.4. The van der Waals surface area contributed by atoms with Gasteiger partial charge in [-0.15, -0.1) is 0 Å². The fourth-order valence-electron chi connectivity index (χ4n) is 1.97. The van der Waals surface area contributed by atoms with Crippen LogP contribution in [-0.4, -0.2) is 18.8 Å². The van der Waals surface area contributed by atoms with Crippen LogP contribution in [0.1, 0.15) is 25.3 Å². The maximum absolute atomic E-state index is 6.14. The maximum atomic E-state index is 6.14. The molecule has 1 fully saturated rings. The highest BCUT2D eigenvalue weighted by molar-refractivity contribution is 6.35. The SMILES string of the molecule is CC1(NCc2ccc(Cl)cc2Cl)CCOCC1. The number of benzene rings is 1. The summed E-state index contributed by atoms with van der Waals surface area (Å²) in [4.78, 5) is 0. The number of hydrogen-bond donors (Lipinski definition) is 1. The zero-order valence-electron chi connectivity index (χ0n) is 9.93. The third-order valence-corrected chi connectivity index (χ3v) is 3.90. The van der Waals surface area contributed by atoms with Gasteiger partial charge in [-0.1, -0.05) is 29.3 Å². The fourth-order valence-corrected chi connectivity index (χ4v) is 2.45. The van der Waals surface area contributed by atoms with Crippen LogP contribution in [0, 0.1) is 0 Å². The molecule has 0 unspecified atom stereocenters. The smallest absolute Gasteiger partial charge is 0.0483 e. The monoisotopic (exact) mass is 273 g/mol. The van der Waals surface area contributed by atoms with E-state index in [-0.39, 0.29) is 5.54 Å². The van der Waals surface area contributed by atoms with E-state index in [1.807, 2.05) is 12.1 Å². The van der Waals surface area contributed by atoms with Crippen LogP contribution in [0.15, 0.2) is 18.2 Å². The first-order chi connectivity index (χ1) is 8.09. The first-order valence-electron chi connectivity index (χ1n) is 5.86. The Labute approximate surface area is 112 Å². The van der Waals surface area contributed by atoms with Gasteiger partial charge in [-0.05, 0) is 37.5 Å². The van der Waals surface area contributed by atoms with E-state index in [2.05, 4.69) is 12.2 Å². The molecule has 0 saturated carbocycles. The van der Waals surface area contributed by atoms with Crippen LogP contribution >= 0.6 is 23.2 Å². The molecule has 1 aromatic rings. The molecule has 2 rings (SSSR count). The highest BCUT2D eigenvalue weighted by atomic mass is 35.5. The van der Waals surface area contributed by atoms with Crippen molar-refractivity contribution in [2.45, 2.75) is 31.8 Å². The molecular formula is C13H17Cl2NO. The Morgan fingerprint density at radius 1 is 1.29 bits per heavy atom. The Balaban J connectivity index is 1.97. The van der Waals surface area contributed by atoms with Crippen LogP contribution < -0.4 is 5.32 Å². The zero-order chi connectivity index (χ0) is 12.3. The van der Waals surface area contributed by atoms with Crippen LogP contribution in [0.5, 0.6) is 0 Å². The minimum absolute atomic E-state index is 0.154. The molecule has 4 heteroatoms. The molecule has 1 aliphatic rings. The summed E-state index contributed by atoms with van der Waals surface area (Å²) in [5.41, 5.74) is 1.24. The summed E-state index contributed by atoms with van der Waals surface area (Å²) < 4.78 is 5.37. The molecule has 0 radical (unpaired) electrons. The minimum atomic E-state index is 0.154. The number of rotatable bonds is 3. The van der Waals surface area contributed by atoms with E-state index in [0.29, 0.717) is 5.02 Å². The number of hydrogen-bond acceptors (Lipinski definition) is 2. The fraction of sp³-hybridized carbons (Fsp3) is 0.538. The molecular weight excluding hydrogens is 257 g/mol. The molecule has 0 atom stereocenters. The molecule has 0 amide bonds. The van der Waals surface area contributed by atoms with Crippen molar-refractivity contribution >= 4 is 23.2 Å². The second-order valence-electron chi connectivity index (χ2n) is 4.76. The van der Waals surface area contributed by atoms with Crippen molar-refractivity contribution in [2.75, 3.05) is 13.2 Å². The van der Waals surface area contributed by atoms with E-state index >= 15 is 0 Å². The molecule has 0 spiro atoms. The van der Waals surface area contributed by atoms with Crippen LogP contribution in [0.2, 0.25) is 10.0 Å². The Morgan fingerprint density at radius 2 is 2.00 bits per heavy atom. The molecule has 1 aliphatic heterocycles. The van der Waals surface area contributed by atoms with Gasteiger partial charge in [0.2, 0.25) is 0 Å². The topological polar surface area (TPSA) is 21.3 Å². The van der Waals surface area contributed by atoms with Crippen molar-refractivity contribution in [3.63, 3.8) is 0 Å². The van der Waals surface area contributed by atoms with Gasteiger partial charge in [-0.25, -0.2) is 0 Å². The summed E-state index contributed by atoms with van der Waals surface area (Å²) in [7, 11) is 0. The predicted molar refractivity (Wildman–Crippen MR) is 71.8 cm³/mol. The first kappa shape index (κ1) is 13.2. The number of nitrogens with one attached hydrogen (secondary N) is 1. The van der Waals surface area contributed by atoms with Gasteiger partial charge in [0.05, 0.1) is 0 Å². The van der Waals surface area contributed by atoms with Crippen LogP contribution in [0.3, 0.4) is 0 Å². The normalized spacial score (nSPS) is 19.2. The van der Waals surface area contributed by atoms with E-state index in [9.17, 15) is 0 Å². The highest BCUT2D eigenvalue weighted by Gasteiger charge is 2.26. The van der Waals surface area contributed by atoms with Gasteiger partial charge in [0, 0.05) is 35.3 Å². The lowest BCUT2D eigenvalue weighted by molar-refractivity contribution is 0.0446. The van der Waals surface area contributed by atoms with Crippen molar-refractivity contribution in [2.24, 2.45) is 0 Å². The van der Waals surface area contributed by atoms with E-state index in [0.717, 1.165) is 43.2 Å². The Morgan fingerprint density at radius 3 is 2.65 bits per heavy atom. The largest absolute Gasteiger partial charge is 0.381 e. The second kappa shape index (κ2) is 5.57. The van der Waals surface area contributed by atoms with Gasteiger partial charge in [0.25, 0.3) is 0 Å². The molecule has 0 bridgehead atoms. The van der Waals surface area contributed by atoms with Gasteiger partial charge in [0.15, 0.2) is 0 Å². The van der Waals surface area contributed by atoms with Gasteiger partial charge in [-0.3, -0.25) is 0 Å². The third kappa shape index (κ3) is 3.59. The molecule has 1 saturated heterocycles. The lowest BCUT2D eigenvalue weighted by atomic mass is 9.92. The van der Waals surface area contributed by atoms with E-state index in [4.69, 9.17) is 27.9 Å². The average Bonchev–Trinajstić information content (AvgIpc) is 2.29. The molecule has 17 heavy (non-hydrogen) atoms. The maximum Gasteiger partial charge on any atom is 0.0483 e. The standard InChI is InChI=1S/C13H17Cl2NO/c1-13(4-6-17-7-5-13)16-9-10-2-3-11(14)8-12(10)15/h2-3,8,16H,4-7,9H2,1H3. The summed E-state index contributed by atoms with van der Waals surface area (Å²) in [6.07, 6.45) is 2.08. The summed E-state index contributed by atoms with van der Waals surface area (Å²) in [6.45, 7) is 4.67. The molecule has 0 aromatic heterocycles. The Kier molecular flexibility index (Phi) is 4.31. The van der Waals surface area contributed by atoms with Crippen LogP contribution in [0.25, 0.3) is 0 Å². The van der Waals surface area contributed by atoms with E-state index in [1.54, 1.807) is 6.07 Å². The Bertz CT molecular complexity index is 389. The van der Waals surface area contributed by atoms with Gasteiger partial charge in [-0.2, -0.15) is 0 Å². The van der Waals surface area contributed by atoms with Gasteiger partial charge in [0.1, 0.15) is 0 Å². The average molecular weight is 274 g/mol. The minimum Gasteiger partial charge on any atom is -0.381 e. The summed E-state index contributed by atoms with van der Waals surface area (Å²) in [6, 6.07) is 5.63. The third-order valence-electron chi connectivity index (χ3n) is 3.32. The summed E-state index contributed by atoms with van der Waals surface area (Å²) >= 11 is 12.0. The molecule has 94 valence electrons. The van der Waals surface area contributed by atoms with Crippen LogP contribution in [0.4, 0.5) is 0 Å². The Hall–Kier alpha value is -0.280. The van der Waals surface area contributed by atoms with E-state index < -0.39 is 0 Å². The highest BCUT2D eigenvalue weighted by Crippen LogP contribution is 2.24. The first-order valence-corrected chi connectivity index (χ1v) is 6.61. The van der Waals surface area contributed by atoms with Crippen molar-refractivity contribution in [1.29, 1.82) is 0 Å². The van der Waals surface area contributed by atoms with Crippen molar-refractivity contribution in [3.8, 4) is 0 Å².